The van der Waals surface area contributed by atoms with E-state index in [2.05, 4.69) is 12.2 Å². The van der Waals surface area contributed by atoms with E-state index in [-0.39, 0.29) is 11.2 Å². The van der Waals surface area contributed by atoms with Crippen LogP contribution in [-0.2, 0) is 0 Å². The van der Waals surface area contributed by atoms with Gasteiger partial charge in [-0.2, -0.15) is 0 Å². The van der Waals surface area contributed by atoms with Crippen LogP contribution >= 0.6 is 11.8 Å². The highest BCUT2D eigenvalue weighted by molar-refractivity contribution is 7.99. The standard InChI is InChI=1S/C12H16FNS/c1-8-3-4-10(13)7-11(8)12-14-9(2)5-6-15-12/h3-4,7,9,12,14H,5-6H2,1-2H3. The molecule has 1 nitrogen and oxygen atoms in total. The van der Waals surface area contributed by atoms with Crippen LogP contribution in [0.25, 0.3) is 0 Å². The van der Waals surface area contributed by atoms with Crippen molar-refractivity contribution in [2.75, 3.05) is 5.75 Å². The summed E-state index contributed by atoms with van der Waals surface area (Å²) in [6.07, 6.45) is 1.19. The smallest absolute Gasteiger partial charge is 0.123 e. The Hall–Kier alpha value is -0.540. The summed E-state index contributed by atoms with van der Waals surface area (Å²) < 4.78 is 13.2. The summed E-state index contributed by atoms with van der Waals surface area (Å²) in [5, 5.41) is 3.75. The van der Waals surface area contributed by atoms with E-state index in [4.69, 9.17) is 0 Å². The molecule has 1 aromatic carbocycles. The maximum atomic E-state index is 13.2. The van der Waals surface area contributed by atoms with Crippen LogP contribution < -0.4 is 5.32 Å². The number of hydrogen-bond acceptors (Lipinski definition) is 2. The Morgan fingerprint density at radius 2 is 2.27 bits per heavy atom. The summed E-state index contributed by atoms with van der Waals surface area (Å²) in [6.45, 7) is 4.22. The molecular weight excluding hydrogens is 209 g/mol. The molecule has 2 rings (SSSR count). The highest BCUT2D eigenvalue weighted by atomic mass is 32.2. The highest BCUT2D eigenvalue weighted by Gasteiger charge is 2.21. The van der Waals surface area contributed by atoms with Gasteiger partial charge in [-0.1, -0.05) is 6.07 Å². The minimum absolute atomic E-state index is 0.142. The van der Waals surface area contributed by atoms with E-state index >= 15 is 0 Å². The molecule has 3 heteroatoms. The van der Waals surface area contributed by atoms with E-state index in [9.17, 15) is 4.39 Å². The predicted molar refractivity (Wildman–Crippen MR) is 63.6 cm³/mol. The van der Waals surface area contributed by atoms with Crippen LogP contribution in [0.2, 0.25) is 0 Å². The molecule has 1 aliphatic heterocycles. The average molecular weight is 225 g/mol. The van der Waals surface area contributed by atoms with Gasteiger partial charge in [0.2, 0.25) is 0 Å². The molecular formula is C12H16FNS. The molecule has 1 heterocycles. The van der Waals surface area contributed by atoms with Crippen LogP contribution in [0.4, 0.5) is 4.39 Å². The van der Waals surface area contributed by atoms with Gasteiger partial charge in [-0.25, -0.2) is 4.39 Å². The molecule has 0 amide bonds. The van der Waals surface area contributed by atoms with Crippen LogP contribution in [0.1, 0.15) is 29.8 Å². The van der Waals surface area contributed by atoms with Crippen LogP contribution in [-0.4, -0.2) is 11.8 Å². The second kappa shape index (κ2) is 4.54. The molecule has 82 valence electrons. The van der Waals surface area contributed by atoms with Gasteiger partial charge in [0.1, 0.15) is 5.82 Å². The zero-order valence-electron chi connectivity index (χ0n) is 9.09. The minimum atomic E-state index is -0.142. The zero-order chi connectivity index (χ0) is 10.8. The van der Waals surface area contributed by atoms with Gasteiger partial charge >= 0.3 is 0 Å². The lowest BCUT2D eigenvalue weighted by Gasteiger charge is -2.29. The maximum Gasteiger partial charge on any atom is 0.123 e. The molecule has 0 saturated carbocycles. The van der Waals surface area contributed by atoms with Crippen molar-refractivity contribution in [2.24, 2.45) is 0 Å². The van der Waals surface area contributed by atoms with Crippen LogP contribution in [0.15, 0.2) is 18.2 Å². The van der Waals surface area contributed by atoms with Crippen molar-refractivity contribution in [1.82, 2.24) is 5.32 Å². The van der Waals surface area contributed by atoms with Gasteiger partial charge in [0, 0.05) is 6.04 Å². The first-order valence-corrected chi connectivity index (χ1v) is 6.35. The summed E-state index contributed by atoms with van der Waals surface area (Å²) in [6, 6.07) is 5.55. The van der Waals surface area contributed by atoms with Gasteiger partial charge in [0.15, 0.2) is 0 Å². The number of thioether (sulfide) groups is 1. The molecule has 0 aromatic heterocycles. The third-order valence-electron chi connectivity index (χ3n) is 2.80. The van der Waals surface area contributed by atoms with E-state index in [1.165, 1.54) is 12.5 Å². The lowest BCUT2D eigenvalue weighted by atomic mass is 10.1. The number of halogens is 1. The lowest BCUT2D eigenvalue weighted by Crippen LogP contribution is -2.33. The quantitative estimate of drug-likeness (QED) is 0.787. The van der Waals surface area contributed by atoms with E-state index in [0.717, 1.165) is 16.9 Å². The first-order valence-electron chi connectivity index (χ1n) is 5.30. The van der Waals surface area contributed by atoms with Gasteiger partial charge in [-0.05, 0) is 49.3 Å². The molecule has 0 bridgehead atoms. The third kappa shape index (κ3) is 2.52. The number of hydrogen-bond donors (Lipinski definition) is 1. The first kappa shape index (κ1) is 11.0. The average Bonchev–Trinajstić information content (AvgIpc) is 2.22. The third-order valence-corrected chi connectivity index (χ3v) is 3.99. The molecule has 0 radical (unpaired) electrons. The van der Waals surface area contributed by atoms with Crippen molar-refractivity contribution in [3.8, 4) is 0 Å². The molecule has 1 aromatic rings. The molecule has 1 saturated heterocycles. The summed E-state index contributed by atoms with van der Waals surface area (Å²) in [5.41, 5.74) is 2.25. The summed E-state index contributed by atoms with van der Waals surface area (Å²) in [4.78, 5) is 0. The molecule has 2 unspecified atom stereocenters. The molecule has 2 atom stereocenters. The fourth-order valence-electron chi connectivity index (χ4n) is 1.83. The normalized spacial score (nSPS) is 26.6. The molecule has 0 spiro atoms. The van der Waals surface area contributed by atoms with E-state index in [1.807, 2.05) is 24.8 Å². The van der Waals surface area contributed by atoms with E-state index in [1.54, 1.807) is 6.07 Å². The van der Waals surface area contributed by atoms with Gasteiger partial charge in [-0.3, -0.25) is 5.32 Å². The molecule has 1 aliphatic rings. The second-order valence-corrected chi connectivity index (χ2v) is 5.32. The summed E-state index contributed by atoms with van der Waals surface area (Å²) >= 11 is 1.87. The Morgan fingerprint density at radius 1 is 1.47 bits per heavy atom. The monoisotopic (exact) mass is 225 g/mol. The van der Waals surface area contributed by atoms with E-state index < -0.39 is 0 Å². The van der Waals surface area contributed by atoms with Crippen LogP contribution in [0, 0.1) is 12.7 Å². The van der Waals surface area contributed by atoms with Crippen molar-refractivity contribution >= 4 is 11.8 Å². The Morgan fingerprint density at radius 3 is 3.00 bits per heavy atom. The van der Waals surface area contributed by atoms with Crippen LogP contribution in [0.3, 0.4) is 0 Å². The summed E-state index contributed by atoms with van der Waals surface area (Å²) in [7, 11) is 0. The fourth-order valence-corrected chi connectivity index (χ4v) is 3.31. The second-order valence-electron chi connectivity index (χ2n) is 4.11. The van der Waals surface area contributed by atoms with Crippen LogP contribution in [0.5, 0.6) is 0 Å². The molecule has 1 fully saturated rings. The van der Waals surface area contributed by atoms with Crippen molar-refractivity contribution in [1.29, 1.82) is 0 Å². The Balaban J connectivity index is 2.24. The topological polar surface area (TPSA) is 12.0 Å². The van der Waals surface area contributed by atoms with Crippen molar-refractivity contribution in [3.63, 3.8) is 0 Å². The van der Waals surface area contributed by atoms with Crippen molar-refractivity contribution in [3.05, 3.63) is 35.1 Å². The Kier molecular flexibility index (Phi) is 3.32. The lowest BCUT2D eigenvalue weighted by molar-refractivity contribution is 0.509. The largest absolute Gasteiger partial charge is 0.299 e. The fraction of sp³-hybridized carbons (Fsp3) is 0.500. The minimum Gasteiger partial charge on any atom is -0.299 e. The summed E-state index contributed by atoms with van der Waals surface area (Å²) in [5.74, 6) is 1.01. The van der Waals surface area contributed by atoms with Gasteiger partial charge < -0.3 is 0 Å². The zero-order valence-corrected chi connectivity index (χ0v) is 9.90. The molecule has 0 aliphatic carbocycles. The number of rotatable bonds is 1. The first-order chi connectivity index (χ1) is 7.16. The van der Waals surface area contributed by atoms with Crippen molar-refractivity contribution in [2.45, 2.75) is 31.7 Å². The van der Waals surface area contributed by atoms with E-state index in [0.29, 0.717) is 6.04 Å². The Bertz CT molecular complexity index is 353. The number of aryl methyl sites for hydroxylation is 1. The molecule has 1 N–H and O–H groups in total. The van der Waals surface area contributed by atoms with Gasteiger partial charge in [-0.15, -0.1) is 11.8 Å². The SMILES string of the molecule is Cc1ccc(F)cc1C1NC(C)CCS1. The Labute approximate surface area is 94.5 Å². The van der Waals surface area contributed by atoms with Gasteiger partial charge in [0.05, 0.1) is 5.37 Å². The maximum absolute atomic E-state index is 13.2. The number of benzene rings is 1. The van der Waals surface area contributed by atoms with Crippen molar-refractivity contribution < 1.29 is 4.39 Å². The highest BCUT2D eigenvalue weighted by Crippen LogP contribution is 2.33. The number of nitrogens with one attached hydrogen (secondary N) is 1. The molecule has 15 heavy (non-hydrogen) atoms. The van der Waals surface area contributed by atoms with Gasteiger partial charge in [0.25, 0.3) is 0 Å². The predicted octanol–water partition coefficient (Wildman–Crippen LogP) is 3.25.